The van der Waals surface area contributed by atoms with Gasteiger partial charge < -0.3 is 15.0 Å². The zero-order chi connectivity index (χ0) is 17.4. The molecule has 3 rings (SSSR count). The van der Waals surface area contributed by atoms with Gasteiger partial charge in [0, 0.05) is 5.56 Å². The summed E-state index contributed by atoms with van der Waals surface area (Å²) in [5.74, 6) is 0.118. The first-order valence-corrected chi connectivity index (χ1v) is 9.00. The Kier molecular flexibility index (Phi) is 4.47. The van der Waals surface area contributed by atoms with E-state index in [0.717, 1.165) is 31.5 Å². The second-order valence-corrected chi connectivity index (χ2v) is 8.54. The lowest BCUT2D eigenvalue weighted by Crippen LogP contribution is -2.67. The molecule has 1 atom stereocenters. The quantitative estimate of drug-likeness (QED) is 0.860. The molecule has 2 saturated heterocycles. The molecule has 4 heteroatoms. The van der Waals surface area contributed by atoms with Crippen LogP contribution in [0.4, 0.5) is 0 Å². The van der Waals surface area contributed by atoms with Gasteiger partial charge in [-0.25, -0.2) is 0 Å². The first kappa shape index (κ1) is 17.4. The van der Waals surface area contributed by atoms with E-state index in [-0.39, 0.29) is 22.5 Å². The second-order valence-electron chi connectivity index (χ2n) is 8.54. The van der Waals surface area contributed by atoms with Gasteiger partial charge in [-0.1, -0.05) is 39.0 Å². The van der Waals surface area contributed by atoms with Crippen LogP contribution in [0.25, 0.3) is 0 Å². The van der Waals surface area contributed by atoms with E-state index in [1.54, 1.807) is 0 Å². The Labute approximate surface area is 145 Å². The first-order chi connectivity index (χ1) is 11.2. The molecule has 2 aliphatic heterocycles. The Balaban J connectivity index is 1.92. The van der Waals surface area contributed by atoms with Gasteiger partial charge in [0.15, 0.2) is 0 Å². The Morgan fingerprint density at radius 2 is 1.75 bits per heavy atom. The zero-order valence-corrected chi connectivity index (χ0v) is 15.4. The van der Waals surface area contributed by atoms with E-state index in [0.29, 0.717) is 13.1 Å². The predicted molar refractivity (Wildman–Crippen MR) is 96.1 cm³/mol. The minimum Gasteiger partial charge on any atom is -0.364 e. The SMILES string of the molecule is CC(C)(C)C1(C)CN(C(=O)c2ccccc2)CC2(CCNCC2)O1. The highest BCUT2D eigenvalue weighted by Gasteiger charge is 2.52. The maximum atomic E-state index is 13.1. The van der Waals surface area contributed by atoms with Gasteiger partial charge in [-0.2, -0.15) is 0 Å². The number of benzene rings is 1. The summed E-state index contributed by atoms with van der Waals surface area (Å²) < 4.78 is 6.75. The fourth-order valence-electron chi connectivity index (χ4n) is 3.75. The Morgan fingerprint density at radius 3 is 2.33 bits per heavy atom. The lowest BCUT2D eigenvalue weighted by atomic mass is 9.74. The van der Waals surface area contributed by atoms with E-state index >= 15 is 0 Å². The van der Waals surface area contributed by atoms with Crippen molar-refractivity contribution in [2.75, 3.05) is 26.2 Å². The van der Waals surface area contributed by atoms with Crippen molar-refractivity contribution in [3.8, 4) is 0 Å². The smallest absolute Gasteiger partial charge is 0.254 e. The van der Waals surface area contributed by atoms with Crippen LogP contribution in [0.2, 0.25) is 0 Å². The lowest BCUT2D eigenvalue weighted by Gasteiger charge is -2.57. The third kappa shape index (κ3) is 3.22. The third-order valence-electron chi connectivity index (χ3n) is 5.82. The molecule has 1 aromatic rings. The highest BCUT2D eigenvalue weighted by atomic mass is 16.5. The molecule has 1 aromatic carbocycles. The van der Waals surface area contributed by atoms with Crippen molar-refractivity contribution in [1.82, 2.24) is 10.2 Å². The van der Waals surface area contributed by atoms with Gasteiger partial charge >= 0.3 is 0 Å². The molecule has 132 valence electrons. The van der Waals surface area contributed by atoms with Crippen molar-refractivity contribution in [2.24, 2.45) is 5.41 Å². The number of piperidine rings is 1. The number of hydrogen-bond donors (Lipinski definition) is 1. The molecule has 0 saturated carbocycles. The monoisotopic (exact) mass is 330 g/mol. The van der Waals surface area contributed by atoms with E-state index in [9.17, 15) is 4.79 Å². The van der Waals surface area contributed by atoms with Crippen LogP contribution >= 0.6 is 0 Å². The number of rotatable bonds is 1. The van der Waals surface area contributed by atoms with E-state index < -0.39 is 0 Å². The number of nitrogens with zero attached hydrogens (tertiary/aromatic N) is 1. The van der Waals surface area contributed by atoms with Crippen molar-refractivity contribution in [3.63, 3.8) is 0 Å². The number of hydrogen-bond acceptors (Lipinski definition) is 3. The van der Waals surface area contributed by atoms with Gasteiger partial charge in [0.2, 0.25) is 0 Å². The molecule has 24 heavy (non-hydrogen) atoms. The number of ether oxygens (including phenoxy) is 1. The van der Waals surface area contributed by atoms with Crippen LogP contribution in [0.1, 0.15) is 50.9 Å². The van der Waals surface area contributed by atoms with Gasteiger partial charge in [-0.05, 0) is 50.4 Å². The highest BCUT2D eigenvalue weighted by molar-refractivity contribution is 5.94. The largest absolute Gasteiger partial charge is 0.364 e. The highest BCUT2D eigenvalue weighted by Crippen LogP contribution is 2.44. The Morgan fingerprint density at radius 1 is 1.12 bits per heavy atom. The molecular weight excluding hydrogens is 300 g/mol. The molecule has 2 fully saturated rings. The molecule has 0 aromatic heterocycles. The van der Waals surface area contributed by atoms with Crippen LogP contribution in [0, 0.1) is 5.41 Å². The topological polar surface area (TPSA) is 41.6 Å². The maximum absolute atomic E-state index is 13.1. The fourth-order valence-corrected chi connectivity index (χ4v) is 3.75. The normalized spacial score (nSPS) is 27.2. The summed E-state index contributed by atoms with van der Waals surface area (Å²) in [4.78, 5) is 15.1. The van der Waals surface area contributed by atoms with Crippen LogP contribution in [-0.4, -0.2) is 48.2 Å². The van der Waals surface area contributed by atoms with Crippen molar-refractivity contribution in [3.05, 3.63) is 35.9 Å². The average Bonchev–Trinajstić information content (AvgIpc) is 2.54. The molecular formula is C20H30N2O2. The minimum absolute atomic E-state index is 0.0412. The number of amides is 1. The summed E-state index contributed by atoms with van der Waals surface area (Å²) in [6.45, 7) is 12.0. The molecule has 1 unspecified atom stereocenters. The summed E-state index contributed by atoms with van der Waals surface area (Å²) in [5, 5.41) is 3.41. The molecule has 0 radical (unpaired) electrons. The number of morpholine rings is 1. The summed E-state index contributed by atoms with van der Waals surface area (Å²) >= 11 is 0. The van der Waals surface area contributed by atoms with Crippen molar-refractivity contribution in [2.45, 2.75) is 51.7 Å². The number of nitrogens with one attached hydrogen (secondary N) is 1. The van der Waals surface area contributed by atoms with Gasteiger partial charge in [-0.3, -0.25) is 4.79 Å². The van der Waals surface area contributed by atoms with Crippen molar-refractivity contribution >= 4 is 5.91 Å². The summed E-state index contributed by atoms with van der Waals surface area (Å²) in [5.41, 5.74) is 0.142. The Bertz CT molecular complexity index is 587. The van der Waals surface area contributed by atoms with Gasteiger partial charge in [-0.15, -0.1) is 0 Å². The second kappa shape index (κ2) is 6.16. The van der Waals surface area contributed by atoms with Gasteiger partial charge in [0.1, 0.15) is 0 Å². The van der Waals surface area contributed by atoms with Crippen molar-refractivity contribution in [1.29, 1.82) is 0 Å². The molecule has 1 N–H and O–H groups in total. The Hall–Kier alpha value is -1.39. The van der Waals surface area contributed by atoms with Gasteiger partial charge in [0.25, 0.3) is 5.91 Å². The standard InChI is InChI=1S/C20H30N2O2/c1-18(2,3)19(4)14-22(17(23)16-8-6-5-7-9-16)15-20(24-19)10-12-21-13-11-20/h5-9,21H,10-15H2,1-4H3. The third-order valence-corrected chi connectivity index (χ3v) is 5.82. The van der Waals surface area contributed by atoms with E-state index in [1.807, 2.05) is 35.2 Å². The summed E-state index contributed by atoms with van der Waals surface area (Å²) in [6, 6.07) is 9.61. The van der Waals surface area contributed by atoms with Crippen LogP contribution < -0.4 is 5.32 Å². The molecule has 1 spiro atoms. The predicted octanol–water partition coefficient (Wildman–Crippen LogP) is 3.09. The van der Waals surface area contributed by atoms with E-state index in [2.05, 4.69) is 33.0 Å². The minimum atomic E-state index is -0.354. The number of carbonyl (C=O) groups is 1. The molecule has 0 aliphatic carbocycles. The maximum Gasteiger partial charge on any atom is 0.254 e. The molecule has 2 aliphatic rings. The average molecular weight is 330 g/mol. The first-order valence-electron chi connectivity index (χ1n) is 9.00. The zero-order valence-electron chi connectivity index (χ0n) is 15.4. The van der Waals surface area contributed by atoms with Crippen LogP contribution in [0.15, 0.2) is 30.3 Å². The molecule has 2 heterocycles. The van der Waals surface area contributed by atoms with Crippen LogP contribution in [0.5, 0.6) is 0 Å². The number of carbonyl (C=O) groups excluding carboxylic acids is 1. The molecule has 0 bridgehead atoms. The molecule has 1 amide bonds. The van der Waals surface area contributed by atoms with Crippen molar-refractivity contribution < 1.29 is 9.53 Å². The summed E-state index contributed by atoms with van der Waals surface area (Å²) in [7, 11) is 0. The van der Waals surface area contributed by atoms with E-state index in [1.165, 1.54) is 0 Å². The fraction of sp³-hybridized carbons (Fsp3) is 0.650. The lowest BCUT2D eigenvalue weighted by molar-refractivity contribution is -0.240. The van der Waals surface area contributed by atoms with Gasteiger partial charge in [0.05, 0.1) is 24.3 Å². The van der Waals surface area contributed by atoms with Crippen LogP contribution in [0.3, 0.4) is 0 Å². The molecule has 4 nitrogen and oxygen atoms in total. The van der Waals surface area contributed by atoms with E-state index in [4.69, 9.17) is 4.74 Å². The van der Waals surface area contributed by atoms with Crippen LogP contribution in [-0.2, 0) is 4.74 Å². The summed E-state index contributed by atoms with van der Waals surface area (Å²) in [6.07, 6.45) is 1.91.